The number of aryl methyl sites for hydroxylation is 1. The molecule has 0 aliphatic carbocycles. The third-order valence-electron chi connectivity index (χ3n) is 14.1. The Kier molecular flexibility index (Phi) is 20.4. The van der Waals surface area contributed by atoms with E-state index in [2.05, 4.69) is 89.0 Å². The van der Waals surface area contributed by atoms with Gasteiger partial charge in [0.25, 0.3) is 11.9 Å². The minimum Gasteiger partial charge on any atom is -0.491 e. The van der Waals surface area contributed by atoms with Gasteiger partial charge in [0, 0.05) is 88.1 Å². The number of nitriles is 1. The van der Waals surface area contributed by atoms with Crippen LogP contribution >= 0.6 is 24.4 Å². The van der Waals surface area contributed by atoms with Gasteiger partial charge in [-0.1, -0.05) is 66.2 Å². The Morgan fingerprint density at radius 2 is 1.67 bits per heavy atom. The molecule has 4 heterocycles. The third kappa shape index (κ3) is 14.7. The molecule has 1 aromatic heterocycles. The molecule has 17 heteroatoms. The number of nitrogens with zero attached hydrogens (tertiary/aromatic N) is 8. The molecule has 2 fully saturated rings. The zero-order valence-corrected chi connectivity index (χ0v) is 45.9. The van der Waals surface area contributed by atoms with Crippen LogP contribution in [-0.4, -0.2) is 118 Å². The van der Waals surface area contributed by atoms with E-state index < -0.39 is 15.6 Å². The Morgan fingerprint density at radius 1 is 0.959 bits per heavy atom. The maximum atomic E-state index is 13.5. The summed E-state index contributed by atoms with van der Waals surface area (Å²) in [6.07, 6.45) is 7.38. The van der Waals surface area contributed by atoms with E-state index in [0.29, 0.717) is 66.8 Å². The predicted molar refractivity (Wildman–Crippen MR) is 292 cm³/mol. The number of ketones is 2. The standard InChI is InChI=1S/C54H71ClN9O6S.C2H6/c1-7-9-39-29-44(30-40(32-56)50(39)69-28-21-55)54(4,5)43-11-15-47(16-12-43)70-36-42-33-57-53(59-64(6,68)71)58-51(42)62-22-19-38(20-23-62)34-60-24-26-61(27-25-60)45-13-17-48-41(31-45)35-63(52(48)67)49(37(3)65)18-14-46(66)10-8-2;1-2/h11-13,15-17,29-31,33,38,49,68,71H,7-10,14,18-28,34-36H2,1-6H3,(H,57,58,59);1-2H3/q+1;. The van der Waals surface area contributed by atoms with Gasteiger partial charge in [0.2, 0.25) is 0 Å². The lowest BCUT2D eigenvalue weighted by Gasteiger charge is -2.40. The molecule has 3 aliphatic rings. The first-order valence-electron chi connectivity index (χ1n) is 26.2. The summed E-state index contributed by atoms with van der Waals surface area (Å²) in [5.74, 6) is 3.10. The summed E-state index contributed by atoms with van der Waals surface area (Å²) in [4.78, 5) is 56.6. The second-order valence-electron chi connectivity index (χ2n) is 19.9. The van der Waals surface area contributed by atoms with Crippen molar-refractivity contribution in [2.45, 2.75) is 124 Å². The van der Waals surface area contributed by atoms with Gasteiger partial charge in [-0.25, -0.2) is 4.98 Å². The van der Waals surface area contributed by atoms with Crippen molar-refractivity contribution in [2.75, 3.05) is 80.6 Å². The number of halogens is 1. The maximum Gasteiger partial charge on any atom is 0.275 e. The quantitative estimate of drug-likeness (QED) is 0.0279. The van der Waals surface area contributed by atoms with Crippen molar-refractivity contribution in [3.63, 3.8) is 0 Å². The number of anilines is 3. The van der Waals surface area contributed by atoms with E-state index in [4.69, 9.17) is 26.1 Å². The minimum atomic E-state index is -0.827. The van der Waals surface area contributed by atoms with Crippen LogP contribution in [0.2, 0.25) is 0 Å². The van der Waals surface area contributed by atoms with Crippen molar-refractivity contribution in [1.82, 2.24) is 19.8 Å². The van der Waals surface area contributed by atoms with Crippen LogP contribution in [0.15, 0.2) is 60.8 Å². The van der Waals surface area contributed by atoms with Gasteiger partial charge in [-0.2, -0.15) is 20.9 Å². The Hall–Kier alpha value is -5.44. The number of amides is 1. The summed E-state index contributed by atoms with van der Waals surface area (Å²) in [5, 5.41) is 20.4. The van der Waals surface area contributed by atoms with Crippen LogP contribution < -0.4 is 24.7 Å². The third-order valence-corrected chi connectivity index (χ3v) is 14.4. The summed E-state index contributed by atoms with van der Waals surface area (Å²) < 4.78 is 11.5. The fourth-order valence-corrected chi connectivity index (χ4v) is 10.3. The normalized spacial score (nSPS) is 16.5. The molecule has 2 saturated heterocycles. The lowest BCUT2D eigenvalue weighted by atomic mass is 9.76. The summed E-state index contributed by atoms with van der Waals surface area (Å²) >= 11 is 10.1. The number of hydrogen-bond acceptors (Lipinski definition) is 14. The molecule has 73 heavy (non-hydrogen) atoms. The Labute approximate surface area is 443 Å². The van der Waals surface area contributed by atoms with E-state index >= 15 is 0 Å². The first-order valence-corrected chi connectivity index (χ1v) is 27.1. The molecule has 3 aliphatic heterocycles. The maximum absolute atomic E-state index is 13.5. The second kappa shape index (κ2) is 26.2. The van der Waals surface area contributed by atoms with Crippen molar-refractivity contribution in [3.8, 4) is 17.6 Å². The first-order chi connectivity index (χ1) is 35.0. The zero-order valence-electron chi connectivity index (χ0n) is 44.3. The van der Waals surface area contributed by atoms with Gasteiger partial charge >= 0.3 is 0 Å². The number of nitrogens with one attached hydrogen (secondary N) is 1. The summed E-state index contributed by atoms with van der Waals surface area (Å²) in [5.41, 5.74) is 9.53. The number of thiol groups is 1. The summed E-state index contributed by atoms with van der Waals surface area (Å²) in [6, 6.07) is 20.0. The largest absolute Gasteiger partial charge is 0.491 e. The number of carbonyl (C=O) groups is 3. The van der Waals surface area contributed by atoms with Crippen molar-refractivity contribution < 1.29 is 33.2 Å². The highest BCUT2D eigenvalue weighted by atomic mass is 35.5. The number of piperidine rings is 1. The van der Waals surface area contributed by atoms with Gasteiger partial charge in [0.1, 0.15) is 62.2 Å². The molecule has 3 aromatic carbocycles. The fraction of sp³-hybridized carbons (Fsp3) is 0.536. The Morgan fingerprint density at radius 3 is 2.30 bits per heavy atom. The first kappa shape index (κ1) is 56.8. The Balaban J connectivity index is 0.00000429. The van der Waals surface area contributed by atoms with Crippen LogP contribution in [0.1, 0.15) is 137 Å². The van der Waals surface area contributed by atoms with Crippen LogP contribution in [0.25, 0.3) is 0 Å². The molecule has 2 N–H and O–H groups in total. The molecule has 0 spiro atoms. The number of benzene rings is 3. The van der Waals surface area contributed by atoms with Crippen molar-refractivity contribution >= 4 is 59.3 Å². The van der Waals surface area contributed by atoms with Crippen LogP contribution in [0, 0.1) is 17.2 Å². The van der Waals surface area contributed by atoms with Gasteiger partial charge in [0.05, 0.1) is 23.0 Å². The monoisotopic (exact) mass is 1040 g/mol. The minimum absolute atomic E-state index is 0.0845. The highest BCUT2D eigenvalue weighted by Gasteiger charge is 2.36. The molecular formula is C56H77ClN9O6S+. The van der Waals surface area contributed by atoms with Crippen LogP contribution in [0.5, 0.6) is 11.5 Å². The number of rotatable bonds is 23. The zero-order chi connectivity index (χ0) is 52.9. The number of carbonyl (C=O) groups excluding carboxylic acids is 3. The van der Waals surface area contributed by atoms with E-state index in [1.807, 2.05) is 51.1 Å². The van der Waals surface area contributed by atoms with E-state index in [-0.39, 0.29) is 30.0 Å². The average Bonchev–Trinajstić information content (AvgIpc) is 3.70. The molecular weight excluding hydrogens is 962 g/mol. The molecule has 2 atom stereocenters. The lowest BCUT2D eigenvalue weighted by Crippen LogP contribution is -2.49. The van der Waals surface area contributed by atoms with Gasteiger partial charge in [0.15, 0.2) is 5.78 Å². The number of quaternary nitrogens is 1. The molecule has 1 amide bonds. The lowest BCUT2D eigenvalue weighted by molar-refractivity contribution is -0.955. The van der Waals surface area contributed by atoms with E-state index in [1.54, 1.807) is 11.1 Å². The van der Waals surface area contributed by atoms with E-state index in [9.17, 15) is 24.9 Å². The molecule has 0 saturated carbocycles. The number of Topliss-reactive ketones (excluding diaryl/α,β-unsaturated/α-hetero) is 2. The fourth-order valence-electron chi connectivity index (χ4n) is 10.2. The molecule has 2 unspecified atom stereocenters. The van der Waals surface area contributed by atoms with E-state index in [1.165, 1.54) is 14.0 Å². The summed E-state index contributed by atoms with van der Waals surface area (Å²) in [7, 11) is 1.47. The smallest absolute Gasteiger partial charge is 0.275 e. The number of hydrogen-bond donors (Lipinski definition) is 3. The van der Waals surface area contributed by atoms with Gasteiger partial charge < -0.3 is 24.2 Å². The van der Waals surface area contributed by atoms with Crippen LogP contribution in [0.3, 0.4) is 0 Å². The number of hydroxylamine groups is 1. The van der Waals surface area contributed by atoms with Crippen molar-refractivity contribution in [1.29, 1.82) is 5.26 Å². The molecule has 0 bridgehead atoms. The van der Waals surface area contributed by atoms with Gasteiger partial charge in [-0.15, -0.1) is 11.6 Å². The van der Waals surface area contributed by atoms with Crippen LogP contribution in [0.4, 0.5) is 17.5 Å². The topological polar surface area (TPSA) is 164 Å². The van der Waals surface area contributed by atoms with Gasteiger partial charge in [-0.05, 0) is 108 Å². The molecule has 15 nitrogen and oxygen atoms in total. The number of alkyl halides is 1. The second-order valence-corrected chi connectivity index (χ2v) is 21.0. The number of ether oxygens (including phenoxy) is 2. The molecule has 0 radical (unpaired) electrons. The van der Waals surface area contributed by atoms with E-state index in [0.717, 1.165) is 117 Å². The molecule has 4 aromatic rings. The number of aromatic nitrogens is 2. The SMILES string of the molecule is CC.CCCC(=O)CCC(C(C)=O)N1Cc2cc(N3CCN(CC4CCN(c5nc(N[N+](C)(O)S)ncc5COc5ccc(C(C)(C)c6cc(C#N)c(OCCCl)c(CCC)c6)cc5)CC4)CC3)ccc2C1=O. The highest BCUT2D eigenvalue weighted by Crippen LogP contribution is 2.38. The number of fused-ring (bicyclic) bond motifs is 1. The van der Waals surface area contributed by atoms with Crippen molar-refractivity contribution in [2.24, 2.45) is 5.92 Å². The Bertz CT molecular complexity index is 2550. The molecule has 7 rings (SSSR count). The van der Waals surface area contributed by atoms with Gasteiger partial charge in [-0.3, -0.25) is 19.3 Å². The summed E-state index contributed by atoms with van der Waals surface area (Å²) in [6.45, 7) is 21.1. The number of piperazine rings is 1. The predicted octanol–water partition coefficient (Wildman–Crippen LogP) is 9.96. The van der Waals surface area contributed by atoms with Crippen molar-refractivity contribution in [3.05, 3.63) is 99.7 Å². The highest BCUT2D eigenvalue weighted by molar-refractivity contribution is 7.74. The molecule has 394 valence electrons. The van der Waals surface area contributed by atoms with Crippen LogP contribution in [-0.2, 0) is 34.6 Å². The average molecular weight is 1040 g/mol.